The highest BCUT2D eigenvalue weighted by atomic mass is 16.5. The van der Waals surface area contributed by atoms with E-state index >= 15 is 0 Å². The average molecular weight is 529 g/mol. The van der Waals surface area contributed by atoms with Crippen molar-refractivity contribution in [1.29, 1.82) is 0 Å². The van der Waals surface area contributed by atoms with Gasteiger partial charge in [0.15, 0.2) is 0 Å². The summed E-state index contributed by atoms with van der Waals surface area (Å²) < 4.78 is 8.09. The molecule has 1 aliphatic heterocycles. The van der Waals surface area contributed by atoms with Gasteiger partial charge in [0.1, 0.15) is 12.4 Å². The number of rotatable bonds is 9. The molecule has 3 aromatic carbocycles. The number of hydrogen-bond donors (Lipinski definition) is 3. The van der Waals surface area contributed by atoms with Crippen molar-refractivity contribution in [2.24, 2.45) is 0 Å². The van der Waals surface area contributed by atoms with Crippen LogP contribution in [0.3, 0.4) is 0 Å². The lowest BCUT2D eigenvalue weighted by Crippen LogP contribution is -2.35. The lowest BCUT2D eigenvalue weighted by Gasteiger charge is -2.32. The van der Waals surface area contributed by atoms with Crippen LogP contribution in [0.15, 0.2) is 66.7 Å². The molecule has 0 spiro atoms. The summed E-state index contributed by atoms with van der Waals surface area (Å²) in [5.74, 6) is -1.30. The molecule has 2 heterocycles. The minimum atomic E-state index is -0.975. The molecule has 0 aliphatic carbocycles. The van der Waals surface area contributed by atoms with Crippen molar-refractivity contribution in [2.75, 3.05) is 18.5 Å². The smallest absolute Gasteiger partial charge is 0.335 e. The number of aromatic nitrogens is 2. The number of carboxylic acid groups (broad SMARTS) is 2. The molecule has 3 N–H and O–H groups in total. The zero-order chi connectivity index (χ0) is 27.5. The van der Waals surface area contributed by atoms with Crippen molar-refractivity contribution in [1.82, 2.24) is 14.5 Å². The first-order valence-corrected chi connectivity index (χ1v) is 12.5. The van der Waals surface area contributed by atoms with E-state index in [1.165, 1.54) is 6.92 Å². The third-order valence-corrected chi connectivity index (χ3v) is 6.67. The van der Waals surface area contributed by atoms with Crippen LogP contribution >= 0.6 is 0 Å². The first-order chi connectivity index (χ1) is 18.8. The van der Waals surface area contributed by atoms with E-state index in [1.807, 2.05) is 42.5 Å². The van der Waals surface area contributed by atoms with Gasteiger partial charge >= 0.3 is 11.9 Å². The Morgan fingerprint density at radius 3 is 2.08 bits per heavy atom. The van der Waals surface area contributed by atoms with Crippen LogP contribution in [0.5, 0.6) is 0 Å². The first-order valence-electron chi connectivity index (χ1n) is 12.5. The number of nitrogens with zero attached hydrogens (tertiary/aromatic N) is 3. The number of carboxylic acids is 2. The highest BCUT2D eigenvalue weighted by molar-refractivity contribution is 5.91. The normalized spacial score (nSPS) is 14.8. The molecule has 0 fully saturated rings. The van der Waals surface area contributed by atoms with Crippen molar-refractivity contribution < 1.29 is 29.3 Å². The quantitative estimate of drug-likeness (QED) is 0.295. The van der Waals surface area contributed by atoms with Crippen molar-refractivity contribution >= 4 is 34.6 Å². The van der Waals surface area contributed by atoms with Gasteiger partial charge in [-0.25, -0.2) is 14.6 Å². The number of fused-ring (bicyclic) bond motifs is 3. The van der Waals surface area contributed by atoms with Crippen LogP contribution in [0.2, 0.25) is 0 Å². The van der Waals surface area contributed by atoms with Gasteiger partial charge in [-0.15, -0.1) is 0 Å². The number of ether oxygens (including phenoxy) is 1. The van der Waals surface area contributed by atoms with Gasteiger partial charge in [0.25, 0.3) is 0 Å². The van der Waals surface area contributed by atoms with Crippen LogP contribution in [0, 0.1) is 0 Å². The molecule has 0 saturated carbocycles. The van der Waals surface area contributed by atoms with Crippen LogP contribution in [0.4, 0.5) is 5.69 Å². The molecule has 1 amide bonds. The van der Waals surface area contributed by atoms with E-state index in [0.717, 1.165) is 28.0 Å². The van der Waals surface area contributed by atoms with Crippen molar-refractivity contribution in [3.05, 3.63) is 94.8 Å². The average Bonchev–Trinajstić information content (AvgIpc) is 3.27. The van der Waals surface area contributed by atoms with Gasteiger partial charge in [0, 0.05) is 32.2 Å². The van der Waals surface area contributed by atoms with Gasteiger partial charge in [-0.3, -0.25) is 9.69 Å². The van der Waals surface area contributed by atoms with E-state index in [4.69, 9.17) is 9.72 Å². The van der Waals surface area contributed by atoms with E-state index in [1.54, 1.807) is 24.3 Å². The Balaban J connectivity index is 1.43. The van der Waals surface area contributed by atoms with Crippen LogP contribution in [0.1, 0.15) is 50.6 Å². The Morgan fingerprint density at radius 2 is 1.54 bits per heavy atom. The van der Waals surface area contributed by atoms with E-state index in [9.17, 15) is 24.6 Å². The zero-order valence-electron chi connectivity index (χ0n) is 21.3. The minimum absolute atomic E-state index is 0.0537. The predicted molar refractivity (Wildman–Crippen MR) is 144 cm³/mol. The van der Waals surface area contributed by atoms with Crippen LogP contribution < -0.4 is 5.32 Å². The fraction of sp³-hybridized carbons (Fsp3) is 0.241. The van der Waals surface area contributed by atoms with Gasteiger partial charge in [-0.2, -0.15) is 0 Å². The van der Waals surface area contributed by atoms with Crippen molar-refractivity contribution in [3.63, 3.8) is 0 Å². The van der Waals surface area contributed by atoms with Gasteiger partial charge in [0.2, 0.25) is 5.91 Å². The number of nitrogens with one attached hydrogen (secondary N) is 1. The maximum Gasteiger partial charge on any atom is 0.335 e. The monoisotopic (exact) mass is 528 g/mol. The fourth-order valence-corrected chi connectivity index (χ4v) is 4.94. The maximum absolute atomic E-state index is 11.5. The molecule has 200 valence electrons. The van der Waals surface area contributed by atoms with Gasteiger partial charge in [-0.1, -0.05) is 24.3 Å². The Labute approximate surface area is 224 Å². The second-order valence-corrected chi connectivity index (χ2v) is 9.63. The summed E-state index contributed by atoms with van der Waals surface area (Å²) in [6, 6.07) is 19.2. The number of imidazole rings is 1. The Hall–Kier alpha value is -4.54. The molecule has 0 saturated heterocycles. The molecule has 5 rings (SSSR count). The molecule has 39 heavy (non-hydrogen) atoms. The summed E-state index contributed by atoms with van der Waals surface area (Å²) in [5, 5.41) is 21.3. The number of carbonyl (C=O) groups is 3. The van der Waals surface area contributed by atoms with E-state index in [0.29, 0.717) is 38.5 Å². The second-order valence-electron chi connectivity index (χ2n) is 9.63. The first kappa shape index (κ1) is 26.1. The van der Waals surface area contributed by atoms with Gasteiger partial charge < -0.3 is 24.8 Å². The fourth-order valence-electron chi connectivity index (χ4n) is 4.94. The SMILES string of the molecule is CC(=O)Nc1ccc2c(c1)nc1n2[C@@H](CN(Cc2ccc(C(=O)O)cc2)Cc2ccc(C(=O)O)cc2)COC1. The molecule has 10 heteroatoms. The van der Waals surface area contributed by atoms with E-state index in [2.05, 4.69) is 14.8 Å². The highest BCUT2D eigenvalue weighted by Crippen LogP contribution is 2.29. The molecular weight excluding hydrogens is 500 g/mol. The number of hydrogen-bond acceptors (Lipinski definition) is 6. The molecule has 4 aromatic rings. The molecular formula is C29H28N4O6. The lowest BCUT2D eigenvalue weighted by molar-refractivity contribution is -0.114. The maximum atomic E-state index is 11.5. The third kappa shape index (κ3) is 5.97. The summed E-state index contributed by atoms with van der Waals surface area (Å²) in [7, 11) is 0. The topological polar surface area (TPSA) is 134 Å². The van der Waals surface area contributed by atoms with E-state index < -0.39 is 11.9 Å². The van der Waals surface area contributed by atoms with Gasteiger partial charge in [0.05, 0.1) is 34.8 Å². The second kappa shape index (κ2) is 11.1. The largest absolute Gasteiger partial charge is 0.478 e. The van der Waals surface area contributed by atoms with Crippen molar-refractivity contribution in [3.8, 4) is 0 Å². The predicted octanol–water partition coefficient (Wildman–Crippen LogP) is 4.16. The zero-order valence-corrected chi connectivity index (χ0v) is 21.3. The number of benzene rings is 3. The van der Waals surface area contributed by atoms with Crippen molar-refractivity contribution in [2.45, 2.75) is 32.7 Å². The van der Waals surface area contributed by atoms with Crippen LogP contribution in [0.25, 0.3) is 11.0 Å². The molecule has 1 aliphatic rings. The molecule has 1 atom stereocenters. The Kier molecular flexibility index (Phi) is 7.40. The molecule has 0 bridgehead atoms. The van der Waals surface area contributed by atoms with E-state index in [-0.39, 0.29) is 23.1 Å². The van der Waals surface area contributed by atoms with Crippen LogP contribution in [-0.4, -0.2) is 55.7 Å². The molecule has 0 unspecified atom stereocenters. The summed E-state index contributed by atoms with van der Waals surface area (Å²) in [5.41, 5.74) is 4.76. The van der Waals surface area contributed by atoms with Crippen LogP contribution in [-0.2, 0) is 29.2 Å². The number of amides is 1. The molecule has 0 radical (unpaired) electrons. The Bertz CT molecular complexity index is 1470. The lowest BCUT2D eigenvalue weighted by atomic mass is 10.1. The standard InChI is InChI=1S/C29H28N4O6/c1-18(34)30-23-10-11-26-25(12-23)31-27-17-39-16-24(33(26)27)15-32(13-19-2-6-21(7-3-19)28(35)36)14-20-4-8-22(9-5-20)29(37)38/h2-12,24H,13-17H2,1H3,(H,30,34)(H,35,36)(H,37,38)/t24-/m0/s1. The number of aromatic carboxylic acids is 2. The third-order valence-electron chi connectivity index (χ3n) is 6.67. The minimum Gasteiger partial charge on any atom is -0.478 e. The Morgan fingerprint density at radius 1 is 0.949 bits per heavy atom. The highest BCUT2D eigenvalue weighted by Gasteiger charge is 2.26. The number of anilines is 1. The summed E-state index contributed by atoms with van der Waals surface area (Å²) >= 11 is 0. The molecule has 10 nitrogen and oxygen atoms in total. The summed E-state index contributed by atoms with van der Waals surface area (Å²) in [4.78, 5) is 41.1. The molecule has 1 aromatic heterocycles. The number of carbonyl (C=O) groups excluding carboxylic acids is 1. The summed E-state index contributed by atoms with van der Waals surface area (Å²) in [6.07, 6.45) is 0. The summed E-state index contributed by atoms with van der Waals surface area (Å²) in [6.45, 7) is 4.03. The van der Waals surface area contributed by atoms with Gasteiger partial charge in [-0.05, 0) is 53.6 Å².